The fourth-order valence-electron chi connectivity index (χ4n) is 2.67. The number of nitrogens with zero attached hydrogens (tertiary/aromatic N) is 2. The van der Waals surface area contributed by atoms with Gasteiger partial charge in [0.2, 0.25) is 0 Å². The summed E-state index contributed by atoms with van der Waals surface area (Å²) >= 11 is 1.67. The zero-order chi connectivity index (χ0) is 16.6. The summed E-state index contributed by atoms with van der Waals surface area (Å²) in [5, 5.41) is 18.9. The molecule has 23 heavy (non-hydrogen) atoms. The second kappa shape index (κ2) is 6.26. The highest BCUT2D eigenvalue weighted by atomic mass is 32.1. The van der Waals surface area contributed by atoms with Crippen LogP contribution in [0, 0.1) is 0 Å². The summed E-state index contributed by atoms with van der Waals surface area (Å²) in [4.78, 5) is 0. The van der Waals surface area contributed by atoms with Gasteiger partial charge >= 0.3 is 0 Å². The molecule has 0 saturated carbocycles. The monoisotopic (exact) mass is 348 g/mol. The van der Waals surface area contributed by atoms with E-state index in [1.54, 1.807) is 17.5 Å². The van der Waals surface area contributed by atoms with Gasteiger partial charge in [-0.15, -0.1) is 11.3 Å². The molecule has 2 aromatic heterocycles. The standard InChI is InChI=1S/C17H24N2O2SSi/c1-5-12-10-22-15-8-14-13(17(20)16(12)15)9-18-19(14)11-21-6-7-23(2,3)4/h8-10,20H,5-7,11H2,1-4H3. The van der Waals surface area contributed by atoms with E-state index in [-0.39, 0.29) is 0 Å². The Hall–Kier alpha value is -1.37. The topological polar surface area (TPSA) is 47.3 Å². The Bertz CT molecular complexity index is 832. The van der Waals surface area contributed by atoms with Crippen LogP contribution >= 0.6 is 11.3 Å². The maximum Gasteiger partial charge on any atom is 0.139 e. The van der Waals surface area contributed by atoms with Crippen molar-refractivity contribution in [2.24, 2.45) is 0 Å². The van der Waals surface area contributed by atoms with Crippen molar-refractivity contribution in [1.29, 1.82) is 0 Å². The fraction of sp³-hybridized carbons (Fsp3) is 0.471. The molecule has 6 heteroatoms. The van der Waals surface area contributed by atoms with Gasteiger partial charge in [0.25, 0.3) is 0 Å². The summed E-state index contributed by atoms with van der Waals surface area (Å²) in [5.41, 5.74) is 2.14. The summed E-state index contributed by atoms with van der Waals surface area (Å²) in [6.07, 6.45) is 2.66. The summed E-state index contributed by atoms with van der Waals surface area (Å²) in [6.45, 7) is 10.3. The molecule has 0 saturated heterocycles. The molecule has 0 aliphatic carbocycles. The lowest BCUT2D eigenvalue weighted by molar-refractivity contribution is 0.0817. The molecule has 0 spiro atoms. The zero-order valence-electron chi connectivity index (χ0n) is 14.2. The van der Waals surface area contributed by atoms with E-state index in [2.05, 4.69) is 43.1 Å². The molecule has 1 aromatic carbocycles. The van der Waals surface area contributed by atoms with Gasteiger partial charge in [0.05, 0.1) is 17.1 Å². The molecule has 0 aliphatic heterocycles. The van der Waals surface area contributed by atoms with E-state index >= 15 is 0 Å². The van der Waals surface area contributed by atoms with Crippen molar-refractivity contribution >= 4 is 40.4 Å². The minimum atomic E-state index is -1.07. The lowest BCUT2D eigenvalue weighted by atomic mass is 10.1. The van der Waals surface area contributed by atoms with E-state index in [0.29, 0.717) is 12.5 Å². The van der Waals surface area contributed by atoms with Crippen LogP contribution in [0.2, 0.25) is 25.7 Å². The largest absolute Gasteiger partial charge is 0.506 e. The normalized spacial score (nSPS) is 12.5. The molecule has 4 nitrogen and oxygen atoms in total. The number of rotatable bonds is 6. The highest BCUT2D eigenvalue weighted by Crippen LogP contribution is 2.39. The lowest BCUT2D eigenvalue weighted by Gasteiger charge is -2.15. The number of phenolic OH excluding ortho intramolecular Hbond substituents is 1. The highest BCUT2D eigenvalue weighted by Gasteiger charge is 2.16. The minimum Gasteiger partial charge on any atom is -0.506 e. The van der Waals surface area contributed by atoms with Crippen LogP contribution in [0.4, 0.5) is 0 Å². The average molecular weight is 349 g/mol. The number of aryl methyl sites for hydroxylation is 1. The number of phenols is 1. The highest BCUT2D eigenvalue weighted by molar-refractivity contribution is 7.17. The van der Waals surface area contributed by atoms with Crippen LogP contribution in [0.15, 0.2) is 17.6 Å². The first kappa shape index (κ1) is 16.5. The maximum absolute atomic E-state index is 10.6. The van der Waals surface area contributed by atoms with Crippen molar-refractivity contribution in [1.82, 2.24) is 9.78 Å². The maximum atomic E-state index is 10.6. The molecule has 0 bridgehead atoms. The van der Waals surface area contributed by atoms with Crippen molar-refractivity contribution in [2.45, 2.75) is 45.8 Å². The number of aromatic hydroxyl groups is 1. The van der Waals surface area contributed by atoms with E-state index in [4.69, 9.17) is 4.74 Å². The third kappa shape index (κ3) is 3.29. The van der Waals surface area contributed by atoms with Crippen LogP contribution in [0.3, 0.4) is 0 Å². The van der Waals surface area contributed by atoms with Gasteiger partial charge in [-0.25, -0.2) is 4.68 Å². The van der Waals surface area contributed by atoms with Crippen LogP contribution in [0.25, 0.3) is 21.0 Å². The molecule has 0 amide bonds. The summed E-state index contributed by atoms with van der Waals surface area (Å²) in [5.74, 6) is 0.351. The van der Waals surface area contributed by atoms with E-state index in [9.17, 15) is 5.11 Å². The molecule has 3 aromatic rings. The summed E-state index contributed by atoms with van der Waals surface area (Å²) in [6, 6.07) is 3.26. The molecule has 0 aliphatic rings. The number of hydrogen-bond donors (Lipinski definition) is 1. The van der Waals surface area contributed by atoms with Crippen LogP contribution < -0.4 is 0 Å². The van der Waals surface area contributed by atoms with Crippen molar-refractivity contribution in [3.8, 4) is 5.75 Å². The molecule has 3 rings (SSSR count). The first-order chi connectivity index (χ1) is 10.9. The van der Waals surface area contributed by atoms with Crippen molar-refractivity contribution in [2.75, 3.05) is 6.61 Å². The Labute approximate surface area is 141 Å². The first-order valence-electron chi connectivity index (χ1n) is 8.06. The Morgan fingerprint density at radius 2 is 2.13 bits per heavy atom. The predicted molar refractivity (Wildman–Crippen MR) is 100 cm³/mol. The van der Waals surface area contributed by atoms with Crippen LogP contribution in [-0.4, -0.2) is 29.6 Å². The molecule has 1 N–H and O–H groups in total. The molecule has 0 atom stereocenters. The number of aromatic nitrogens is 2. The summed E-state index contributed by atoms with van der Waals surface area (Å²) in [7, 11) is -1.07. The third-order valence-electron chi connectivity index (χ3n) is 4.13. The van der Waals surface area contributed by atoms with Crippen LogP contribution in [0.5, 0.6) is 5.75 Å². The van der Waals surface area contributed by atoms with Crippen molar-refractivity contribution in [3.05, 3.63) is 23.2 Å². The Balaban J connectivity index is 1.87. The number of hydrogen-bond acceptors (Lipinski definition) is 4. The zero-order valence-corrected chi connectivity index (χ0v) is 16.0. The van der Waals surface area contributed by atoms with Gasteiger partial charge in [-0.3, -0.25) is 0 Å². The van der Waals surface area contributed by atoms with Gasteiger partial charge in [-0.05, 0) is 29.5 Å². The van der Waals surface area contributed by atoms with E-state index in [0.717, 1.165) is 40.1 Å². The van der Waals surface area contributed by atoms with E-state index in [1.165, 1.54) is 5.56 Å². The van der Waals surface area contributed by atoms with Gasteiger partial charge in [0.15, 0.2) is 0 Å². The Morgan fingerprint density at radius 1 is 1.35 bits per heavy atom. The quantitative estimate of drug-likeness (QED) is 0.512. The Kier molecular flexibility index (Phi) is 4.49. The molecular weight excluding hydrogens is 324 g/mol. The van der Waals surface area contributed by atoms with Gasteiger partial charge in [-0.2, -0.15) is 5.10 Å². The van der Waals surface area contributed by atoms with Gasteiger partial charge in [0, 0.05) is 24.8 Å². The summed E-state index contributed by atoms with van der Waals surface area (Å²) < 4.78 is 8.74. The van der Waals surface area contributed by atoms with E-state index < -0.39 is 8.07 Å². The average Bonchev–Trinajstić information content (AvgIpc) is 3.07. The first-order valence-corrected chi connectivity index (χ1v) is 12.6. The third-order valence-corrected chi connectivity index (χ3v) is 6.81. The van der Waals surface area contributed by atoms with Crippen molar-refractivity contribution in [3.63, 3.8) is 0 Å². The second-order valence-corrected chi connectivity index (χ2v) is 13.7. The molecular formula is C17H24N2O2SSi. The lowest BCUT2D eigenvalue weighted by Crippen LogP contribution is -2.22. The number of fused-ring (bicyclic) bond motifs is 2. The predicted octanol–water partition coefficient (Wildman–Crippen LogP) is 4.83. The SMILES string of the molecule is CCc1csc2cc3c(cnn3COCC[Si](C)(C)C)c(O)c12. The minimum absolute atomic E-state index is 0.351. The Morgan fingerprint density at radius 3 is 2.83 bits per heavy atom. The van der Waals surface area contributed by atoms with Gasteiger partial charge < -0.3 is 9.84 Å². The molecule has 0 fully saturated rings. The van der Waals surface area contributed by atoms with Gasteiger partial charge in [-0.1, -0.05) is 26.6 Å². The van der Waals surface area contributed by atoms with Crippen LogP contribution in [0.1, 0.15) is 12.5 Å². The number of benzene rings is 1. The molecule has 124 valence electrons. The fourth-order valence-corrected chi connectivity index (χ4v) is 4.50. The number of ether oxygens (including phenoxy) is 1. The molecule has 0 radical (unpaired) electrons. The van der Waals surface area contributed by atoms with E-state index in [1.807, 2.05) is 4.68 Å². The molecule has 0 unspecified atom stereocenters. The number of thiophene rings is 1. The second-order valence-electron chi connectivity index (χ2n) is 7.14. The van der Waals surface area contributed by atoms with Gasteiger partial charge in [0.1, 0.15) is 12.5 Å². The van der Waals surface area contributed by atoms with Crippen molar-refractivity contribution < 1.29 is 9.84 Å². The van der Waals surface area contributed by atoms with Crippen LogP contribution in [-0.2, 0) is 17.9 Å². The smallest absolute Gasteiger partial charge is 0.139 e. The molecule has 2 heterocycles.